The Morgan fingerprint density at radius 2 is 2.10 bits per heavy atom. The molecule has 1 aromatic heterocycles. The molecule has 0 aliphatic carbocycles. The number of nitrogens with zero attached hydrogens (tertiary/aromatic N) is 1. The number of fused-ring (bicyclic) bond motifs is 1. The highest BCUT2D eigenvalue weighted by Gasteiger charge is 2.04. The van der Waals surface area contributed by atoms with Crippen LogP contribution in [0.1, 0.15) is 17.0 Å². The Kier molecular flexibility index (Phi) is 3.39. The van der Waals surface area contributed by atoms with Crippen molar-refractivity contribution in [3.63, 3.8) is 0 Å². The van der Waals surface area contributed by atoms with Gasteiger partial charge in [0, 0.05) is 6.54 Å². The van der Waals surface area contributed by atoms with Gasteiger partial charge in [-0.15, -0.1) is 0 Å². The first-order valence-corrected chi connectivity index (χ1v) is 6.61. The molecule has 0 amide bonds. The topological polar surface area (TPSA) is 63.9 Å². The number of ether oxygens (including phenoxy) is 1. The number of nitrogens with two attached hydrogens (primary N) is 1. The summed E-state index contributed by atoms with van der Waals surface area (Å²) >= 11 is 0. The van der Waals surface area contributed by atoms with Crippen molar-refractivity contribution in [1.82, 2.24) is 9.97 Å². The van der Waals surface area contributed by atoms with Gasteiger partial charge in [-0.05, 0) is 42.3 Å². The van der Waals surface area contributed by atoms with Crippen LogP contribution < -0.4 is 10.5 Å². The zero-order valence-electron chi connectivity index (χ0n) is 11.4. The van der Waals surface area contributed by atoms with Crippen molar-refractivity contribution in [1.29, 1.82) is 0 Å². The summed E-state index contributed by atoms with van der Waals surface area (Å²) in [5, 5.41) is 0. The van der Waals surface area contributed by atoms with Gasteiger partial charge in [-0.3, -0.25) is 0 Å². The van der Waals surface area contributed by atoms with Crippen molar-refractivity contribution in [3.8, 4) is 5.75 Å². The molecule has 3 aromatic rings. The fourth-order valence-electron chi connectivity index (χ4n) is 2.16. The van der Waals surface area contributed by atoms with Crippen molar-refractivity contribution in [3.05, 3.63) is 59.4 Å². The van der Waals surface area contributed by atoms with Crippen LogP contribution in [0.4, 0.5) is 0 Å². The van der Waals surface area contributed by atoms with Gasteiger partial charge in [-0.1, -0.05) is 18.2 Å². The molecule has 0 radical (unpaired) electrons. The lowest BCUT2D eigenvalue weighted by Gasteiger charge is -2.04. The summed E-state index contributed by atoms with van der Waals surface area (Å²) in [6.45, 7) is 3.00. The smallest absolute Gasteiger partial charge is 0.146 e. The van der Waals surface area contributed by atoms with E-state index >= 15 is 0 Å². The maximum absolute atomic E-state index is 5.74. The first-order valence-electron chi connectivity index (χ1n) is 6.61. The number of aromatic nitrogens is 2. The van der Waals surface area contributed by atoms with Gasteiger partial charge >= 0.3 is 0 Å². The van der Waals surface area contributed by atoms with Crippen LogP contribution in [0.25, 0.3) is 11.0 Å². The normalized spacial score (nSPS) is 10.9. The van der Waals surface area contributed by atoms with E-state index in [-0.39, 0.29) is 0 Å². The first kappa shape index (κ1) is 12.7. The molecule has 0 unspecified atom stereocenters. The van der Waals surface area contributed by atoms with Crippen molar-refractivity contribution >= 4 is 11.0 Å². The summed E-state index contributed by atoms with van der Waals surface area (Å²) in [7, 11) is 0. The number of imidazole rings is 1. The molecule has 20 heavy (non-hydrogen) atoms. The van der Waals surface area contributed by atoms with Gasteiger partial charge in [0.2, 0.25) is 0 Å². The third-order valence-corrected chi connectivity index (χ3v) is 3.20. The molecule has 0 fully saturated rings. The Labute approximate surface area is 117 Å². The van der Waals surface area contributed by atoms with E-state index in [2.05, 4.69) is 9.97 Å². The van der Waals surface area contributed by atoms with Gasteiger partial charge in [0.1, 0.15) is 18.2 Å². The Hall–Kier alpha value is -2.33. The molecule has 3 N–H and O–H groups in total. The summed E-state index contributed by atoms with van der Waals surface area (Å²) in [5.41, 5.74) is 9.84. The van der Waals surface area contributed by atoms with Crippen LogP contribution in [-0.4, -0.2) is 9.97 Å². The van der Waals surface area contributed by atoms with Crippen LogP contribution in [0.15, 0.2) is 42.5 Å². The predicted octanol–water partition coefficient (Wildman–Crippen LogP) is 2.91. The minimum atomic E-state index is 0.427. The van der Waals surface area contributed by atoms with Crippen LogP contribution in [0.3, 0.4) is 0 Å². The molecule has 0 aliphatic heterocycles. The standard InChI is InChI=1S/C16H17N3O/c1-11-3-2-4-13(7-11)20-10-16-18-14-6-5-12(9-17)8-15(14)19-16/h2-8H,9-10,17H2,1H3,(H,18,19). The number of aryl methyl sites for hydroxylation is 1. The maximum Gasteiger partial charge on any atom is 0.146 e. The number of hydrogen-bond donors (Lipinski definition) is 2. The van der Waals surface area contributed by atoms with Crippen molar-refractivity contribution < 1.29 is 4.74 Å². The second-order valence-corrected chi connectivity index (χ2v) is 4.84. The molecule has 102 valence electrons. The molecule has 0 bridgehead atoms. The Morgan fingerprint density at radius 1 is 1.20 bits per heavy atom. The van der Waals surface area contributed by atoms with E-state index in [9.17, 15) is 0 Å². The summed E-state index contributed by atoms with van der Waals surface area (Å²) in [5.74, 6) is 1.67. The molecule has 0 spiro atoms. The van der Waals surface area contributed by atoms with Crippen LogP contribution in [0.2, 0.25) is 0 Å². The fourth-order valence-corrected chi connectivity index (χ4v) is 2.16. The van der Waals surface area contributed by atoms with Crippen molar-refractivity contribution in [2.45, 2.75) is 20.1 Å². The summed E-state index contributed by atoms with van der Waals surface area (Å²) in [4.78, 5) is 7.77. The summed E-state index contributed by atoms with van der Waals surface area (Å²) < 4.78 is 5.74. The zero-order chi connectivity index (χ0) is 13.9. The molecule has 4 heteroatoms. The molecule has 0 aliphatic rings. The quantitative estimate of drug-likeness (QED) is 0.764. The van der Waals surface area contributed by atoms with E-state index in [0.29, 0.717) is 13.2 Å². The third kappa shape index (κ3) is 2.65. The molecular formula is C16H17N3O. The molecular weight excluding hydrogens is 250 g/mol. The van der Waals surface area contributed by atoms with E-state index in [1.165, 1.54) is 5.56 Å². The number of aromatic amines is 1. The van der Waals surface area contributed by atoms with Crippen LogP contribution in [-0.2, 0) is 13.2 Å². The highest BCUT2D eigenvalue weighted by molar-refractivity contribution is 5.75. The van der Waals surface area contributed by atoms with E-state index in [4.69, 9.17) is 10.5 Å². The monoisotopic (exact) mass is 267 g/mol. The molecule has 2 aromatic carbocycles. The van der Waals surface area contributed by atoms with Crippen LogP contribution in [0, 0.1) is 6.92 Å². The minimum absolute atomic E-state index is 0.427. The maximum atomic E-state index is 5.74. The van der Waals surface area contributed by atoms with E-state index < -0.39 is 0 Å². The predicted molar refractivity (Wildman–Crippen MR) is 79.5 cm³/mol. The third-order valence-electron chi connectivity index (χ3n) is 3.20. The van der Waals surface area contributed by atoms with Crippen LogP contribution >= 0.6 is 0 Å². The number of H-pyrrole nitrogens is 1. The molecule has 0 saturated heterocycles. The molecule has 3 rings (SSSR count). The van der Waals surface area contributed by atoms with Gasteiger partial charge in [0.05, 0.1) is 11.0 Å². The van der Waals surface area contributed by atoms with Gasteiger partial charge in [0.15, 0.2) is 0 Å². The average Bonchev–Trinajstić information content (AvgIpc) is 2.87. The van der Waals surface area contributed by atoms with Crippen LogP contribution in [0.5, 0.6) is 5.75 Å². The van der Waals surface area contributed by atoms with Gasteiger partial charge in [0.25, 0.3) is 0 Å². The van der Waals surface area contributed by atoms with E-state index in [0.717, 1.165) is 28.2 Å². The molecule has 0 atom stereocenters. The molecule has 1 heterocycles. The minimum Gasteiger partial charge on any atom is -0.486 e. The second kappa shape index (κ2) is 5.35. The average molecular weight is 267 g/mol. The van der Waals surface area contributed by atoms with Gasteiger partial charge in [-0.2, -0.15) is 0 Å². The van der Waals surface area contributed by atoms with Crippen molar-refractivity contribution in [2.24, 2.45) is 5.73 Å². The van der Waals surface area contributed by atoms with E-state index in [1.807, 2.05) is 49.4 Å². The SMILES string of the molecule is Cc1cccc(OCc2nc3ccc(CN)cc3[nH]2)c1. The number of benzene rings is 2. The number of hydrogen-bond acceptors (Lipinski definition) is 3. The van der Waals surface area contributed by atoms with Gasteiger partial charge < -0.3 is 15.5 Å². The lowest BCUT2D eigenvalue weighted by atomic mass is 10.2. The lowest BCUT2D eigenvalue weighted by Crippen LogP contribution is -1.97. The first-order chi connectivity index (χ1) is 9.74. The Bertz CT molecular complexity index is 733. The highest BCUT2D eigenvalue weighted by Crippen LogP contribution is 2.16. The molecule has 0 saturated carbocycles. The second-order valence-electron chi connectivity index (χ2n) is 4.84. The highest BCUT2D eigenvalue weighted by atomic mass is 16.5. The lowest BCUT2D eigenvalue weighted by molar-refractivity contribution is 0.297. The summed E-state index contributed by atoms with van der Waals surface area (Å²) in [6, 6.07) is 14.0. The van der Waals surface area contributed by atoms with E-state index in [1.54, 1.807) is 0 Å². The molecule has 4 nitrogen and oxygen atoms in total. The summed E-state index contributed by atoms with van der Waals surface area (Å²) in [6.07, 6.45) is 0. The zero-order valence-corrected chi connectivity index (χ0v) is 11.4. The van der Waals surface area contributed by atoms with Crippen molar-refractivity contribution in [2.75, 3.05) is 0 Å². The Morgan fingerprint density at radius 3 is 2.90 bits per heavy atom. The fraction of sp³-hybridized carbons (Fsp3) is 0.188. The number of nitrogens with one attached hydrogen (secondary N) is 1. The number of rotatable bonds is 4. The van der Waals surface area contributed by atoms with Gasteiger partial charge in [-0.25, -0.2) is 4.98 Å². The largest absolute Gasteiger partial charge is 0.486 e. The Balaban J connectivity index is 1.77.